The summed E-state index contributed by atoms with van der Waals surface area (Å²) in [5.41, 5.74) is 0. The van der Waals surface area contributed by atoms with Gasteiger partial charge >= 0.3 is 0 Å². The number of imidazole rings is 1. The third-order valence-electron chi connectivity index (χ3n) is 4.72. The summed E-state index contributed by atoms with van der Waals surface area (Å²) in [6.45, 7) is 3.87. The normalized spacial score (nSPS) is 24.9. The molecular weight excluding hydrogens is 316 g/mol. The van der Waals surface area contributed by atoms with E-state index >= 15 is 0 Å². The minimum atomic E-state index is -3.22. The molecule has 128 valence electrons. The van der Waals surface area contributed by atoms with E-state index in [4.69, 9.17) is 0 Å². The summed E-state index contributed by atoms with van der Waals surface area (Å²) in [5.74, 6) is 1.11. The summed E-state index contributed by atoms with van der Waals surface area (Å²) in [5, 5.41) is 0. The number of aryl methyl sites for hydroxylation is 1. The van der Waals surface area contributed by atoms with Crippen molar-refractivity contribution in [2.45, 2.75) is 38.6 Å². The van der Waals surface area contributed by atoms with Gasteiger partial charge in [0, 0.05) is 38.4 Å². The van der Waals surface area contributed by atoms with Crippen LogP contribution in [0.25, 0.3) is 0 Å². The SMILES string of the molecule is CCc1nccn1[C@@H]1CCCN(C(=O)CN2CCCS2(=O)=O)C1. The van der Waals surface area contributed by atoms with Crippen LogP contribution >= 0.6 is 0 Å². The van der Waals surface area contributed by atoms with Gasteiger partial charge in [-0.15, -0.1) is 0 Å². The molecule has 3 rings (SSSR count). The monoisotopic (exact) mass is 340 g/mol. The van der Waals surface area contributed by atoms with Crippen molar-refractivity contribution in [1.82, 2.24) is 18.8 Å². The van der Waals surface area contributed by atoms with Crippen LogP contribution in [-0.2, 0) is 21.2 Å². The Kier molecular flexibility index (Phi) is 4.72. The van der Waals surface area contributed by atoms with E-state index in [1.807, 2.05) is 6.20 Å². The van der Waals surface area contributed by atoms with E-state index in [1.54, 1.807) is 11.1 Å². The molecule has 0 unspecified atom stereocenters. The molecule has 0 N–H and O–H groups in total. The van der Waals surface area contributed by atoms with Gasteiger partial charge in [0.15, 0.2) is 0 Å². The van der Waals surface area contributed by atoms with E-state index < -0.39 is 10.0 Å². The molecule has 2 aliphatic rings. The molecule has 7 nitrogen and oxygen atoms in total. The minimum absolute atomic E-state index is 0.0143. The predicted octanol–water partition coefficient (Wildman–Crippen LogP) is 0.645. The first-order valence-electron chi connectivity index (χ1n) is 8.28. The van der Waals surface area contributed by atoms with Gasteiger partial charge in [0.25, 0.3) is 0 Å². The molecule has 0 aliphatic carbocycles. The number of hydrogen-bond donors (Lipinski definition) is 0. The zero-order chi connectivity index (χ0) is 16.4. The van der Waals surface area contributed by atoms with Gasteiger partial charge in [-0.1, -0.05) is 6.92 Å². The fraction of sp³-hybridized carbons (Fsp3) is 0.733. The average Bonchev–Trinajstić information content (AvgIpc) is 3.14. The third kappa shape index (κ3) is 3.42. The highest BCUT2D eigenvalue weighted by Crippen LogP contribution is 2.23. The van der Waals surface area contributed by atoms with Crippen LogP contribution in [0, 0.1) is 0 Å². The smallest absolute Gasteiger partial charge is 0.237 e. The number of amides is 1. The number of carbonyl (C=O) groups is 1. The Balaban J connectivity index is 1.65. The maximum Gasteiger partial charge on any atom is 0.237 e. The molecule has 1 amide bonds. The van der Waals surface area contributed by atoms with Crippen LogP contribution in [0.3, 0.4) is 0 Å². The zero-order valence-corrected chi connectivity index (χ0v) is 14.3. The summed E-state index contributed by atoms with van der Waals surface area (Å²) in [7, 11) is -3.22. The van der Waals surface area contributed by atoms with Gasteiger partial charge in [-0.3, -0.25) is 4.79 Å². The van der Waals surface area contributed by atoms with Gasteiger partial charge < -0.3 is 9.47 Å². The average molecular weight is 340 g/mol. The molecule has 0 bridgehead atoms. The number of rotatable bonds is 4. The van der Waals surface area contributed by atoms with E-state index in [0.29, 0.717) is 26.1 Å². The summed E-state index contributed by atoms with van der Waals surface area (Å²) < 4.78 is 27.2. The van der Waals surface area contributed by atoms with Crippen molar-refractivity contribution >= 4 is 15.9 Å². The predicted molar refractivity (Wildman–Crippen MR) is 86.4 cm³/mol. The van der Waals surface area contributed by atoms with Crippen LogP contribution < -0.4 is 0 Å². The maximum atomic E-state index is 12.5. The van der Waals surface area contributed by atoms with Gasteiger partial charge in [0.05, 0.1) is 18.3 Å². The van der Waals surface area contributed by atoms with E-state index in [0.717, 1.165) is 25.1 Å². The first-order chi connectivity index (χ1) is 11.0. The molecule has 3 heterocycles. The Morgan fingerprint density at radius 2 is 2.17 bits per heavy atom. The number of sulfonamides is 1. The lowest BCUT2D eigenvalue weighted by Crippen LogP contribution is -2.46. The van der Waals surface area contributed by atoms with Crippen molar-refractivity contribution in [3.05, 3.63) is 18.2 Å². The Morgan fingerprint density at radius 3 is 2.87 bits per heavy atom. The number of aromatic nitrogens is 2. The summed E-state index contributed by atoms with van der Waals surface area (Å²) >= 11 is 0. The fourth-order valence-corrected chi connectivity index (χ4v) is 4.94. The second-order valence-corrected chi connectivity index (χ2v) is 8.33. The quantitative estimate of drug-likeness (QED) is 0.806. The molecule has 8 heteroatoms. The topological polar surface area (TPSA) is 75.5 Å². The molecule has 0 spiro atoms. The van der Waals surface area contributed by atoms with E-state index in [9.17, 15) is 13.2 Å². The third-order valence-corrected chi connectivity index (χ3v) is 6.63. The van der Waals surface area contributed by atoms with Crippen LogP contribution in [-0.4, -0.2) is 65.0 Å². The molecule has 0 saturated carbocycles. The van der Waals surface area contributed by atoms with Crippen LogP contribution in [0.5, 0.6) is 0 Å². The van der Waals surface area contributed by atoms with Crippen LogP contribution in [0.1, 0.15) is 38.1 Å². The fourth-order valence-electron chi connectivity index (χ4n) is 3.48. The summed E-state index contributed by atoms with van der Waals surface area (Å²) in [6, 6.07) is 0.236. The van der Waals surface area contributed by atoms with Crippen molar-refractivity contribution in [2.75, 3.05) is 31.9 Å². The van der Waals surface area contributed by atoms with Crippen LogP contribution in [0.15, 0.2) is 12.4 Å². The molecule has 0 radical (unpaired) electrons. The lowest BCUT2D eigenvalue weighted by atomic mass is 10.1. The van der Waals surface area contributed by atoms with Crippen molar-refractivity contribution in [2.24, 2.45) is 0 Å². The molecule has 1 aromatic heterocycles. The molecule has 23 heavy (non-hydrogen) atoms. The van der Waals surface area contributed by atoms with Crippen LogP contribution in [0.2, 0.25) is 0 Å². The highest BCUT2D eigenvalue weighted by molar-refractivity contribution is 7.89. The number of nitrogens with zero attached hydrogens (tertiary/aromatic N) is 4. The highest BCUT2D eigenvalue weighted by atomic mass is 32.2. The molecular formula is C15H24N4O3S. The number of carbonyl (C=O) groups excluding carboxylic acids is 1. The van der Waals surface area contributed by atoms with Crippen molar-refractivity contribution < 1.29 is 13.2 Å². The Labute approximate surface area is 137 Å². The van der Waals surface area contributed by atoms with E-state index in [2.05, 4.69) is 16.5 Å². The Hall–Kier alpha value is -1.41. The Bertz CT molecular complexity index is 670. The van der Waals surface area contributed by atoms with Gasteiger partial charge in [0.1, 0.15) is 5.82 Å². The first-order valence-corrected chi connectivity index (χ1v) is 9.89. The minimum Gasteiger partial charge on any atom is -0.339 e. The lowest BCUT2D eigenvalue weighted by Gasteiger charge is -2.34. The second-order valence-electron chi connectivity index (χ2n) is 6.24. The van der Waals surface area contributed by atoms with Gasteiger partial charge in [-0.2, -0.15) is 4.31 Å². The molecule has 0 aromatic carbocycles. The molecule has 2 aliphatic heterocycles. The molecule has 2 saturated heterocycles. The van der Waals surface area contributed by atoms with Gasteiger partial charge in [0.2, 0.25) is 15.9 Å². The largest absolute Gasteiger partial charge is 0.339 e. The molecule has 2 fully saturated rings. The molecule has 1 atom stereocenters. The summed E-state index contributed by atoms with van der Waals surface area (Å²) in [4.78, 5) is 18.7. The second kappa shape index (κ2) is 6.60. The number of hydrogen-bond acceptors (Lipinski definition) is 4. The zero-order valence-electron chi connectivity index (χ0n) is 13.5. The van der Waals surface area contributed by atoms with Crippen molar-refractivity contribution in [1.29, 1.82) is 0 Å². The van der Waals surface area contributed by atoms with Crippen molar-refractivity contribution in [3.63, 3.8) is 0 Å². The van der Waals surface area contributed by atoms with Crippen LogP contribution in [0.4, 0.5) is 0 Å². The lowest BCUT2D eigenvalue weighted by molar-refractivity contribution is -0.133. The van der Waals surface area contributed by atoms with E-state index in [-0.39, 0.29) is 24.2 Å². The Morgan fingerprint density at radius 1 is 1.35 bits per heavy atom. The standard InChI is InChI=1S/C15H24N4O3S/c1-2-14-16-6-9-19(14)13-5-3-7-17(11-13)15(20)12-18-8-4-10-23(18,21)22/h6,9,13H,2-5,7-8,10-12H2,1H3/t13-/m1/s1. The number of likely N-dealkylation sites (tertiary alicyclic amines) is 1. The molecule has 1 aromatic rings. The first kappa shape index (κ1) is 16.4. The summed E-state index contributed by atoms with van der Waals surface area (Å²) in [6.07, 6.45) is 7.22. The number of piperidine rings is 1. The van der Waals surface area contributed by atoms with Gasteiger partial charge in [-0.25, -0.2) is 13.4 Å². The maximum absolute atomic E-state index is 12.5. The van der Waals surface area contributed by atoms with E-state index in [1.165, 1.54) is 4.31 Å². The highest BCUT2D eigenvalue weighted by Gasteiger charge is 2.33. The van der Waals surface area contributed by atoms with Crippen molar-refractivity contribution in [3.8, 4) is 0 Å². The van der Waals surface area contributed by atoms with Gasteiger partial charge in [-0.05, 0) is 19.3 Å².